The van der Waals surface area contributed by atoms with E-state index in [1.807, 2.05) is 73.7 Å². The van der Waals surface area contributed by atoms with E-state index < -0.39 is 11.8 Å². The van der Waals surface area contributed by atoms with E-state index in [0.29, 0.717) is 11.4 Å². The molecule has 0 unspecified atom stereocenters. The van der Waals surface area contributed by atoms with Crippen LogP contribution in [0.3, 0.4) is 0 Å². The van der Waals surface area contributed by atoms with Crippen LogP contribution in [0.5, 0.6) is 5.75 Å². The van der Waals surface area contributed by atoms with E-state index in [1.54, 1.807) is 37.5 Å². The predicted octanol–water partition coefficient (Wildman–Crippen LogP) is 5.29. The van der Waals surface area contributed by atoms with Crippen molar-refractivity contribution < 1.29 is 14.3 Å². The molecule has 178 valence electrons. The Morgan fingerprint density at radius 2 is 1.50 bits per heavy atom. The van der Waals surface area contributed by atoms with Gasteiger partial charge in [0, 0.05) is 16.9 Å². The third-order valence-electron chi connectivity index (χ3n) is 6.01. The molecular formula is C29H23N3O3S. The fourth-order valence-corrected chi connectivity index (χ4v) is 4.63. The number of hydrogen-bond acceptors (Lipinski definition) is 4. The Kier molecular flexibility index (Phi) is 6.23. The number of thiocarbonyl (C=S) groups is 1. The summed E-state index contributed by atoms with van der Waals surface area (Å²) in [4.78, 5) is 27.9. The Balaban J connectivity index is 1.65. The van der Waals surface area contributed by atoms with Crippen LogP contribution in [0, 0.1) is 6.92 Å². The highest BCUT2D eigenvalue weighted by Gasteiger charge is 2.35. The number of carbonyl (C=O) groups is 2. The molecule has 2 amide bonds. The summed E-state index contributed by atoms with van der Waals surface area (Å²) in [6.45, 7) is 2.00. The first-order valence-electron chi connectivity index (χ1n) is 11.4. The molecular weight excluding hydrogens is 470 g/mol. The number of para-hydroxylation sites is 1. The molecule has 1 aromatic heterocycles. The van der Waals surface area contributed by atoms with E-state index in [-0.39, 0.29) is 10.7 Å². The number of hydrogen-bond donors (Lipinski definition) is 1. The number of rotatable bonds is 5. The van der Waals surface area contributed by atoms with Gasteiger partial charge >= 0.3 is 0 Å². The van der Waals surface area contributed by atoms with Crippen LogP contribution in [0.2, 0.25) is 0 Å². The first kappa shape index (κ1) is 23.3. The fraction of sp³-hybridized carbons (Fsp3) is 0.0690. The van der Waals surface area contributed by atoms with Crippen molar-refractivity contribution in [2.24, 2.45) is 0 Å². The molecule has 5 rings (SSSR count). The fourth-order valence-electron chi connectivity index (χ4n) is 4.35. The minimum atomic E-state index is -0.529. The van der Waals surface area contributed by atoms with Crippen molar-refractivity contribution in [3.05, 3.63) is 108 Å². The number of methoxy groups -OCH3 is 1. The highest BCUT2D eigenvalue weighted by atomic mass is 32.1. The maximum Gasteiger partial charge on any atom is 0.270 e. The Hall–Kier alpha value is -4.49. The summed E-state index contributed by atoms with van der Waals surface area (Å²) in [6, 6.07) is 28.8. The molecule has 0 spiro atoms. The van der Waals surface area contributed by atoms with Gasteiger partial charge in [-0.25, -0.2) is 0 Å². The van der Waals surface area contributed by atoms with Crippen LogP contribution < -0.4 is 15.0 Å². The molecule has 0 saturated carbocycles. The van der Waals surface area contributed by atoms with Crippen molar-refractivity contribution in [3.63, 3.8) is 0 Å². The lowest BCUT2D eigenvalue weighted by Crippen LogP contribution is -2.54. The van der Waals surface area contributed by atoms with Gasteiger partial charge in [-0.2, -0.15) is 0 Å². The van der Waals surface area contributed by atoms with E-state index in [2.05, 4.69) is 9.88 Å². The summed E-state index contributed by atoms with van der Waals surface area (Å²) in [5, 5.41) is 2.70. The number of nitrogens with zero attached hydrogens (tertiary/aromatic N) is 2. The number of ether oxygens (including phenoxy) is 1. The van der Waals surface area contributed by atoms with Crippen LogP contribution >= 0.6 is 12.2 Å². The first-order chi connectivity index (χ1) is 17.5. The second-order valence-corrected chi connectivity index (χ2v) is 8.67. The van der Waals surface area contributed by atoms with Crippen LogP contribution in [0.25, 0.3) is 23.0 Å². The second-order valence-electron chi connectivity index (χ2n) is 8.28. The first-order valence-corrected chi connectivity index (χ1v) is 11.8. The Morgan fingerprint density at radius 3 is 2.14 bits per heavy atom. The normalized spacial score (nSPS) is 14.8. The lowest BCUT2D eigenvalue weighted by molar-refractivity contribution is -0.122. The maximum atomic E-state index is 13.6. The van der Waals surface area contributed by atoms with E-state index >= 15 is 0 Å². The molecule has 3 aromatic carbocycles. The average molecular weight is 494 g/mol. The largest absolute Gasteiger partial charge is 0.497 e. The standard InChI is InChI=1S/C29H23N3O3S/c1-19-17-21(26(20-9-5-3-6-10-20)31(19)22-11-7-4-8-12-22)18-25-27(33)30-29(36)32(28(25)34)23-13-15-24(35-2)16-14-23/h3-18H,1-2H3,(H,30,33,36)/b25-18+. The molecule has 1 fully saturated rings. The van der Waals surface area contributed by atoms with Gasteiger partial charge in [0.1, 0.15) is 11.3 Å². The van der Waals surface area contributed by atoms with Crippen LogP contribution in [0.15, 0.2) is 96.6 Å². The molecule has 4 aromatic rings. The number of anilines is 1. The minimum absolute atomic E-state index is 0.00168. The number of aryl methyl sites for hydroxylation is 1. The molecule has 1 aliphatic heterocycles. The number of nitrogens with one attached hydrogen (secondary N) is 1. The van der Waals surface area contributed by atoms with Gasteiger partial charge < -0.3 is 9.30 Å². The van der Waals surface area contributed by atoms with Gasteiger partial charge in [-0.3, -0.25) is 19.8 Å². The molecule has 0 aliphatic carbocycles. The monoisotopic (exact) mass is 493 g/mol. The maximum absolute atomic E-state index is 13.6. The number of benzene rings is 3. The summed E-state index contributed by atoms with van der Waals surface area (Å²) < 4.78 is 7.34. The Bertz CT molecular complexity index is 1490. The van der Waals surface area contributed by atoms with Crippen molar-refractivity contribution in [1.29, 1.82) is 0 Å². The molecule has 0 bridgehead atoms. The zero-order chi connectivity index (χ0) is 25.2. The average Bonchev–Trinajstić information content (AvgIpc) is 3.23. The molecule has 6 nitrogen and oxygen atoms in total. The topological polar surface area (TPSA) is 63.6 Å². The minimum Gasteiger partial charge on any atom is -0.497 e. The molecule has 36 heavy (non-hydrogen) atoms. The lowest BCUT2D eigenvalue weighted by atomic mass is 10.0. The summed E-state index contributed by atoms with van der Waals surface area (Å²) in [5.41, 5.74) is 5.10. The molecule has 1 aliphatic rings. The molecule has 0 radical (unpaired) electrons. The van der Waals surface area contributed by atoms with Gasteiger partial charge in [-0.1, -0.05) is 48.5 Å². The van der Waals surface area contributed by atoms with Crippen LogP contribution in [0.4, 0.5) is 5.69 Å². The van der Waals surface area contributed by atoms with Crippen LogP contribution in [-0.4, -0.2) is 28.6 Å². The van der Waals surface area contributed by atoms with E-state index in [0.717, 1.165) is 28.2 Å². The quantitative estimate of drug-likeness (QED) is 0.233. The third kappa shape index (κ3) is 4.21. The smallest absolute Gasteiger partial charge is 0.270 e. The van der Waals surface area contributed by atoms with Crippen LogP contribution in [-0.2, 0) is 9.59 Å². The van der Waals surface area contributed by atoms with Crippen molar-refractivity contribution >= 4 is 40.9 Å². The van der Waals surface area contributed by atoms with Crippen LogP contribution in [0.1, 0.15) is 11.3 Å². The molecule has 1 saturated heterocycles. The Labute approximate surface area is 214 Å². The van der Waals surface area contributed by atoms with Gasteiger partial charge in [0.05, 0.1) is 18.5 Å². The van der Waals surface area contributed by atoms with Gasteiger partial charge in [-0.15, -0.1) is 0 Å². The van der Waals surface area contributed by atoms with Gasteiger partial charge in [-0.05, 0) is 73.2 Å². The summed E-state index contributed by atoms with van der Waals surface area (Å²) in [5.74, 6) is -0.365. The summed E-state index contributed by atoms with van der Waals surface area (Å²) in [7, 11) is 1.57. The lowest BCUT2D eigenvalue weighted by Gasteiger charge is -2.29. The number of amides is 2. The third-order valence-corrected chi connectivity index (χ3v) is 6.29. The summed E-state index contributed by atoms with van der Waals surface area (Å²) >= 11 is 5.34. The van der Waals surface area contributed by atoms with Crippen molar-refractivity contribution in [2.45, 2.75) is 6.92 Å². The SMILES string of the molecule is COc1ccc(N2C(=O)/C(=C/c3cc(C)n(-c4ccccc4)c3-c3ccccc3)C(=O)NC2=S)cc1. The molecule has 0 atom stereocenters. The zero-order valence-electron chi connectivity index (χ0n) is 19.8. The number of aromatic nitrogens is 1. The highest BCUT2D eigenvalue weighted by molar-refractivity contribution is 7.80. The molecule has 2 heterocycles. The van der Waals surface area contributed by atoms with E-state index in [1.165, 1.54) is 4.90 Å². The van der Waals surface area contributed by atoms with Gasteiger partial charge in [0.25, 0.3) is 11.8 Å². The predicted molar refractivity (Wildman–Crippen MR) is 145 cm³/mol. The number of carbonyl (C=O) groups excluding carboxylic acids is 2. The van der Waals surface area contributed by atoms with Crippen molar-refractivity contribution in [2.75, 3.05) is 12.0 Å². The molecule has 7 heteroatoms. The van der Waals surface area contributed by atoms with Gasteiger partial charge in [0.15, 0.2) is 5.11 Å². The van der Waals surface area contributed by atoms with Crippen molar-refractivity contribution in [1.82, 2.24) is 9.88 Å². The highest BCUT2D eigenvalue weighted by Crippen LogP contribution is 2.33. The molecule has 1 N–H and O–H groups in total. The van der Waals surface area contributed by atoms with Crippen molar-refractivity contribution in [3.8, 4) is 22.7 Å². The van der Waals surface area contributed by atoms with E-state index in [9.17, 15) is 9.59 Å². The zero-order valence-corrected chi connectivity index (χ0v) is 20.6. The second kappa shape index (κ2) is 9.64. The van der Waals surface area contributed by atoms with E-state index in [4.69, 9.17) is 17.0 Å². The summed E-state index contributed by atoms with van der Waals surface area (Å²) in [6.07, 6.45) is 1.64. The van der Waals surface area contributed by atoms with Gasteiger partial charge in [0.2, 0.25) is 0 Å². The Morgan fingerprint density at radius 1 is 0.861 bits per heavy atom.